The topological polar surface area (TPSA) is 28.2 Å². The highest BCUT2D eigenvalue weighted by Crippen LogP contribution is 2.33. The average molecular weight is 322 g/mol. The van der Waals surface area contributed by atoms with Crippen LogP contribution in [0.2, 0.25) is 5.02 Å². The van der Waals surface area contributed by atoms with Crippen LogP contribution in [0.1, 0.15) is 30.2 Å². The Balaban J connectivity index is 1.81. The van der Waals surface area contributed by atoms with Crippen molar-refractivity contribution in [3.8, 4) is 0 Å². The molecule has 0 aromatic carbocycles. The highest BCUT2D eigenvalue weighted by Gasteiger charge is 2.30. The van der Waals surface area contributed by atoms with Crippen LogP contribution in [-0.4, -0.2) is 17.6 Å². The van der Waals surface area contributed by atoms with Gasteiger partial charge in [0.05, 0.1) is 11.6 Å². The van der Waals surface area contributed by atoms with Crippen LogP contribution in [0.25, 0.3) is 0 Å². The first kappa shape index (κ1) is 14.8. The van der Waals surface area contributed by atoms with Gasteiger partial charge >= 0.3 is 0 Å². The van der Waals surface area contributed by atoms with Gasteiger partial charge in [-0.05, 0) is 42.5 Å². The normalized spacial score (nSPS) is 14.4. The number of pyridine rings is 1. The number of aromatic nitrogens is 1. The van der Waals surface area contributed by atoms with Crippen molar-refractivity contribution >= 4 is 28.8 Å². The van der Waals surface area contributed by atoms with E-state index in [9.17, 15) is 0 Å². The molecule has 1 saturated carbocycles. The maximum absolute atomic E-state index is 6.26. The molecule has 0 bridgehead atoms. The average Bonchev–Trinajstić information content (AvgIpc) is 3.21. The highest BCUT2D eigenvalue weighted by molar-refractivity contribution is 7.09. The molecule has 0 amide bonds. The van der Waals surface area contributed by atoms with Gasteiger partial charge in [0.25, 0.3) is 0 Å². The molecule has 21 heavy (non-hydrogen) atoms. The smallest absolute Gasteiger partial charge is 0.129 e. The van der Waals surface area contributed by atoms with Gasteiger partial charge in [0.2, 0.25) is 0 Å². The van der Waals surface area contributed by atoms with E-state index in [1.165, 1.54) is 17.7 Å². The fraction of sp³-hybridized carbons (Fsp3) is 0.438. The molecule has 0 aliphatic heterocycles. The van der Waals surface area contributed by atoms with Crippen molar-refractivity contribution in [2.24, 2.45) is 0 Å². The Hall–Kier alpha value is -1.10. The van der Waals surface area contributed by atoms with Gasteiger partial charge in [0, 0.05) is 23.7 Å². The van der Waals surface area contributed by atoms with Crippen LogP contribution in [0.4, 0.5) is 5.82 Å². The molecule has 5 heteroatoms. The Morgan fingerprint density at radius 2 is 2.33 bits per heavy atom. The summed E-state index contributed by atoms with van der Waals surface area (Å²) in [6, 6.07) is 7.07. The SMILES string of the molecule is CCNCc1cc(N(Cc2cccs2)C2CC2)ncc1Cl. The summed E-state index contributed by atoms with van der Waals surface area (Å²) in [5.41, 5.74) is 1.13. The Morgan fingerprint density at radius 3 is 3.00 bits per heavy atom. The summed E-state index contributed by atoms with van der Waals surface area (Å²) in [7, 11) is 0. The summed E-state index contributed by atoms with van der Waals surface area (Å²) in [5.74, 6) is 1.04. The number of rotatable bonds is 7. The molecule has 0 spiro atoms. The molecule has 3 rings (SSSR count). The molecule has 2 aromatic rings. The summed E-state index contributed by atoms with van der Waals surface area (Å²) in [4.78, 5) is 8.36. The van der Waals surface area contributed by atoms with Crippen molar-refractivity contribution in [3.05, 3.63) is 45.2 Å². The van der Waals surface area contributed by atoms with Crippen LogP contribution in [-0.2, 0) is 13.1 Å². The summed E-state index contributed by atoms with van der Waals surface area (Å²) < 4.78 is 0. The first-order valence-corrected chi connectivity index (χ1v) is 8.68. The van der Waals surface area contributed by atoms with Gasteiger partial charge < -0.3 is 10.2 Å². The Labute approximate surface area is 135 Å². The minimum Gasteiger partial charge on any atom is -0.348 e. The summed E-state index contributed by atoms with van der Waals surface area (Å²) in [5, 5.41) is 6.21. The molecule has 0 atom stereocenters. The minimum absolute atomic E-state index is 0.632. The van der Waals surface area contributed by atoms with Crippen molar-refractivity contribution in [2.75, 3.05) is 11.4 Å². The van der Waals surface area contributed by atoms with Gasteiger partial charge in [-0.2, -0.15) is 0 Å². The van der Waals surface area contributed by atoms with E-state index in [4.69, 9.17) is 11.6 Å². The fourth-order valence-electron chi connectivity index (χ4n) is 2.37. The quantitative estimate of drug-likeness (QED) is 0.833. The molecule has 3 nitrogen and oxygen atoms in total. The highest BCUT2D eigenvalue weighted by atomic mass is 35.5. The fourth-order valence-corrected chi connectivity index (χ4v) is 3.25. The zero-order valence-corrected chi connectivity index (χ0v) is 13.8. The number of anilines is 1. The van der Waals surface area contributed by atoms with Crippen LogP contribution in [0.5, 0.6) is 0 Å². The van der Waals surface area contributed by atoms with Crippen molar-refractivity contribution in [1.29, 1.82) is 0 Å². The van der Waals surface area contributed by atoms with Crippen LogP contribution >= 0.6 is 22.9 Å². The maximum atomic E-state index is 6.26. The third-order valence-corrected chi connectivity index (χ3v) is 4.88. The Bertz CT molecular complexity index is 581. The number of nitrogens with zero attached hydrogens (tertiary/aromatic N) is 2. The first-order chi connectivity index (χ1) is 10.3. The lowest BCUT2D eigenvalue weighted by atomic mass is 10.2. The van der Waals surface area contributed by atoms with E-state index < -0.39 is 0 Å². The van der Waals surface area contributed by atoms with Crippen LogP contribution in [0, 0.1) is 0 Å². The Morgan fingerprint density at radius 1 is 1.48 bits per heavy atom. The van der Waals surface area contributed by atoms with E-state index in [0.29, 0.717) is 6.04 Å². The molecule has 0 saturated heterocycles. The lowest BCUT2D eigenvalue weighted by molar-refractivity contribution is 0.722. The van der Waals surface area contributed by atoms with Crippen molar-refractivity contribution < 1.29 is 0 Å². The van der Waals surface area contributed by atoms with Crippen molar-refractivity contribution in [1.82, 2.24) is 10.3 Å². The predicted molar refractivity (Wildman–Crippen MR) is 90.2 cm³/mol. The molecular formula is C16H20ClN3S. The summed E-state index contributed by atoms with van der Waals surface area (Å²) >= 11 is 8.06. The number of halogens is 1. The van der Waals surface area contributed by atoms with Crippen molar-refractivity contribution in [2.45, 2.75) is 38.9 Å². The zero-order chi connectivity index (χ0) is 14.7. The number of thiophene rings is 1. The maximum Gasteiger partial charge on any atom is 0.129 e. The second kappa shape index (κ2) is 6.77. The van der Waals surface area contributed by atoms with Crippen LogP contribution in [0.15, 0.2) is 29.8 Å². The standard InChI is InChI=1S/C16H20ClN3S/c1-2-18-9-12-8-16(19-10-15(12)17)20(13-5-6-13)11-14-4-3-7-21-14/h3-4,7-8,10,13,18H,2,5-6,9,11H2,1H3. The molecule has 2 aromatic heterocycles. The third kappa shape index (κ3) is 3.76. The number of nitrogens with one attached hydrogen (secondary N) is 1. The van der Waals surface area contributed by atoms with E-state index in [1.54, 1.807) is 17.5 Å². The predicted octanol–water partition coefficient (Wildman–Crippen LogP) is 4.08. The molecule has 1 aliphatic rings. The van der Waals surface area contributed by atoms with Gasteiger partial charge in [0.15, 0.2) is 0 Å². The molecule has 0 unspecified atom stereocenters. The summed E-state index contributed by atoms with van der Waals surface area (Å²) in [6.45, 7) is 4.78. The molecule has 2 heterocycles. The van der Waals surface area contributed by atoms with E-state index in [-0.39, 0.29) is 0 Å². The van der Waals surface area contributed by atoms with E-state index in [0.717, 1.165) is 36.0 Å². The molecule has 1 fully saturated rings. The molecule has 0 radical (unpaired) electrons. The second-order valence-electron chi connectivity index (χ2n) is 5.35. The Kier molecular flexibility index (Phi) is 4.78. The number of hydrogen-bond acceptors (Lipinski definition) is 4. The van der Waals surface area contributed by atoms with Crippen LogP contribution in [0.3, 0.4) is 0 Å². The van der Waals surface area contributed by atoms with E-state index in [2.05, 4.69) is 45.7 Å². The van der Waals surface area contributed by atoms with Gasteiger partial charge in [-0.25, -0.2) is 4.98 Å². The molecule has 1 N–H and O–H groups in total. The van der Waals surface area contributed by atoms with Gasteiger partial charge in [-0.1, -0.05) is 24.6 Å². The monoisotopic (exact) mass is 321 g/mol. The molecule has 112 valence electrons. The molecule has 1 aliphatic carbocycles. The first-order valence-electron chi connectivity index (χ1n) is 7.42. The van der Waals surface area contributed by atoms with Gasteiger partial charge in [-0.15, -0.1) is 11.3 Å². The largest absolute Gasteiger partial charge is 0.348 e. The third-order valence-electron chi connectivity index (χ3n) is 3.67. The van der Waals surface area contributed by atoms with Crippen LogP contribution < -0.4 is 10.2 Å². The zero-order valence-electron chi connectivity index (χ0n) is 12.2. The van der Waals surface area contributed by atoms with Gasteiger partial charge in [-0.3, -0.25) is 0 Å². The van der Waals surface area contributed by atoms with E-state index in [1.807, 2.05) is 0 Å². The van der Waals surface area contributed by atoms with E-state index >= 15 is 0 Å². The minimum atomic E-state index is 0.632. The lowest BCUT2D eigenvalue weighted by Crippen LogP contribution is -2.26. The van der Waals surface area contributed by atoms with Gasteiger partial charge in [0.1, 0.15) is 5.82 Å². The second-order valence-corrected chi connectivity index (χ2v) is 6.79. The summed E-state index contributed by atoms with van der Waals surface area (Å²) in [6.07, 6.45) is 4.31. The van der Waals surface area contributed by atoms with Crippen molar-refractivity contribution in [3.63, 3.8) is 0 Å². The molecular weight excluding hydrogens is 302 g/mol. The lowest BCUT2D eigenvalue weighted by Gasteiger charge is -2.23. The number of hydrogen-bond donors (Lipinski definition) is 1.